The average Bonchev–Trinajstić information content (AvgIpc) is 2.92. The van der Waals surface area contributed by atoms with Gasteiger partial charge in [-0.25, -0.2) is 4.57 Å². The number of para-hydroxylation sites is 1. The highest BCUT2D eigenvalue weighted by Crippen LogP contribution is 2.28. The third-order valence-electron chi connectivity index (χ3n) is 3.74. The van der Waals surface area contributed by atoms with E-state index < -0.39 is 4.92 Å². The van der Waals surface area contributed by atoms with Gasteiger partial charge in [0, 0.05) is 18.2 Å². The second-order valence-corrected chi connectivity index (χ2v) is 5.45. The molecule has 3 aromatic rings. The van der Waals surface area contributed by atoms with E-state index >= 15 is 0 Å². The second kappa shape index (κ2) is 6.96. The topological polar surface area (TPSA) is 90.1 Å². The van der Waals surface area contributed by atoms with Crippen molar-refractivity contribution in [3.8, 4) is 0 Å². The Labute approximate surface area is 144 Å². The Balaban J connectivity index is 1.94. The SMILES string of the molecule is Cc1nc(Nc2ccccc2)c([N+](=O)[O-])n1CC(=O)c1ccccc1. The fourth-order valence-electron chi connectivity index (χ4n) is 2.53. The Hall–Kier alpha value is -3.48. The van der Waals surface area contributed by atoms with Crippen LogP contribution in [0.4, 0.5) is 17.3 Å². The van der Waals surface area contributed by atoms with Gasteiger partial charge in [-0.2, -0.15) is 4.98 Å². The van der Waals surface area contributed by atoms with Gasteiger partial charge >= 0.3 is 5.82 Å². The third kappa shape index (κ3) is 3.55. The first-order valence-electron chi connectivity index (χ1n) is 7.68. The first kappa shape index (κ1) is 16.4. The number of hydrogen-bond acceptors (Lipinski definition) is 5. The fraction of sp³-hybridized carbons (Fsp3) is 0.111. The lowest BCUT2D eigenvalue weighted by molar-refractivity contribution is -0.391. The Bertz CT molecular complexity index is 905. The first-order chi connectivity index (χ1) is 12.1. The van der Waals surface area contributed by atoms with Gasteiger partial charge in [0.15, 0.2) is 12.4 Å². The molecule has 0 bridgehead atoms. The van der Waals surface area contributed by atoms with E-state index in [0.717, 1.165) is 0 Å². The summed E-state index contributed by atoms with van der Waals surface area (Å²) >= 11 is 0. The molecule has 3 rings (SSSR count). The monoisotopic (exact) mass is 336 g/mol. The largest absolute Gasteiger partial charge is 0.368 e. The number of ketones is 1. The van der Waals surface area contributed by atoms with Crippen LogP contribution in [-0.2, 0) is 6.54 Å². The molecular weight excluding hydrogens is 320 g/mol. The third-order valence-corrected chi connectivity index (χ3v) is 3.74. The lowest BCUT2D eigenvalue weighted by Crippen LogP contribution is -2.14. The van der Waals surface area contributed by atoms with Crippen molar-refractivity contribution in [1.29, 1.82) is 0 Å². The lowest BCUT2D eigenvalue weighted by Gasteiger charge is -2.05. The molecule has 7 nitrogen and oxygen atoms in total. The van der Waals surface area contributed by atoms with Crippen molar-refractivity contribution in [2.75, 3.05) is 5.32 Å². The van der Waals surface area contributed by atoms with Crippen LogP contribution in [0.5, 0.6) is 0 Å². The van der Waals surface area contributed by atoms with Gasteiger partial charge in [-0.3, -0.25) is 4.79 Å². The number of nitro groups is 1. The molecule has 0 aliphatic heterocycles. The summed E-state index contributed by atoms with van der Waals surface area (Å²) in [5.74, 6) is 0.0741. The smallest absolute Gasteiger partial charge is 0.358 e. The maximum Gasteiger partial charge on any atom is 0.368 e. The predicted octanol–water partition coefficient (Wildman–Crippen LogP) is 3.73. The number of nitrogens with one attached hydrogen (secondary N) is 1. The Morgan fingerprint density at radius 1 is 1.12 bits per heavy atom. The highest BCUT2D eigenvalue weighted by atomic mass is 16.6. The maximum atomic E-state index is 12.4. The van der Waals surface area contributed by atoms with Gasteiger partial charge in [-0.05, 0) is 17.1 Å². The van der Waals surface area contributed by atoms with E-state index in [-0.39, 0.29) is 24.0 Å². The van der Waals surface area contributed by atoms with Crippen LogP contribution < -0.4 is 5.32 Å². The summed E-state index contributed by atoms with van der Waals surface area (Å²) < 4.78 is 1.32. The minimum atomic E-state index is -0.524. The van der Waals surface area contributed by atoms with Crippen LogP contribution >= 0.6 is 0 Å². The molecule has 126 valence electrons. The minimum Gasteiger partial charge on any atom is -0.358 e. The van der Waals surface area contributed by atoms with Crippen molar-refractivity contribution in [2.24, 2.45) is 0 Å². The lowest BCUT2D eigenvalue weighted by atomic mass is 10.1. The van der Waals surface area contributed by atoms with Crippen LogP contribution in [-0.4, -0.2) is 20.3 Å². The van der Waals surface area contributed by atoms with Gasteiger partial charge in [0.05, 0.1) is 0 Å². The minimum absolute atomic E-state index is 0.120. The number of anilines is 2. The summed E-state index contributed by atoms with van der Waals surface area (Å²) in [5, 5.41) is 14.5. The Morgan fingerprint density at radius 3 is 2.32 bits per heavy atom. The van der Waals surface area contributed by atoms with E-state index in [9.17, 15) is 14.9 Å². The van der Waals surface area contributed by atoms with Gasteiger partial charge in [0.2, 0.25) is 11.6 Å². The molecule has 0 aliphatic carbocycles. The van der Waals surface area contributed by atoms with Crippen molar-refractivity contribution >= 4 is 23.1 Å². The number of hydrogen-bond donors (Lipinski definition) is 1. The molecule has 0 atom stereocenters. The van der Waals surface area contributed by atoms with Crippen LogP contribution in [0.2, 0.25) is 0 Å². The number of imidazole rings is 1. The highest BCUT2D eigenvalue weighted by molar-refractivity contribution is 5.96. The zero-order valence-electron chi connectivity index (χ0n) is 13.5. The maximum absolute atomic E-state index is 12.4. The van der Waals surface area contributed by atoms with E-state index in [4.69, 9.17) is 0 Å². The summed E-state index contributed by atoms with van der Waals surface area (Å²) in [6.45, 7) is 1.50. The molecule has 0 fully saturated rings. The standard InChI is InChI=1S/C18H16N4O3/c1-13-19-17(20-15-10-6-3-7-11-15)18(22(24)25)21(13)12-16(23)14-8-4-2-5-9-14/h2-11,20H,12H2,1H3. The summed E-state index contributed by atoms with van der Waals surface area (Å²) in [6, 6.07) is 17.7. The van der Waals surface area contributed by atoms with E-state index in [1.165, 1.54) is 4.57 Å². The van der Waals surface area contributed by atoms with E-state index in [2.05, 4.69) is 10.3 Å². The van der Waals surface area contributed by atoms with Crippen LogP contribution in [0.15, 0.2) is 60.7 Å². The van der Waals surface area contributed by atoms with E-state index in [1.54, 1.807) is 43.3 Å². The molecule has 1 N–H and O–H groups in total. The molecule has 0 unspecified atom stereocenters. The quantitative estimate of drug-likeness (QED) is 0.421. The molecular formula is C18H16N4O3. The molecule has 1 heterocycles. The molecule has 0 aliphatic rings. The Morgan fingerprint density at radius 2 is 1.72 bits per heavy atom. The number of Topliss-reactive ketones (excluding diaryl/α,β-unsaturated/α-hetero) is 1. The molecule has 1 aromatic heterocycles. The van der Waals surface area contributed by atoms with Crippen LogP contribution in [0.3, 0.4) is 0 Å². The fourth-order valence-corrected chi connectivity index (χ4v) is 2.53. The van der Waals surface area contributed by atoms with Gasteiger partial charge < -0.3 is 15.4 Å². The second-order valence-electron chi connectivity index (χ2n) is 5.45. The van der Waals surface area contributed by atoms with Gasteiger partial charge in [0.25, 0.3) is 0 Å². The molecule has 0 saturated carbocycles. The van der Waals surface area contributed by atoms with Crippen LogP contribution in [0, 0.1) is 17.0 Å². The van der Waals surface area contributed by atoms with Gasteiger partial charge in [-0.15, -0.1) is 0 Å². The average molecular weight is 336 g/mol. The first-order valence-corrected chi connectivity index (χ1v) is 7.68. The zero-order valence-corrected chi connectivity index (χ0v) is 13.5. The molecule has 0 saturated heterocycles. The number of benzene rings is 2. The van der Waals surface area contributed by atoms with Crippen molar-refractivity contribution < 1.29 is 9.72 Å². The number of nitrogens with zero attached hydrogens (tertiary/aromatic N) is 3. The zero-order chi connectivity index (χ0) is 17.8. The predicted molar refractivity (Wildman–Crippen MR) is 94.1 cm³/mol. The normalized spacial score (nSPS) is 10.4. The van der Waals surface area contributed by atoms with Crippen LogP contribution in [0.25, 0.3) is 0 Å². The summed E-state index contributed by atoms with van der Waals surface area (Å²) in [6.07, 6.45) is 0. The van der Waals surface area contributed by atoms with Gasteiger partial charge in [-0.1, -0.05) is 48.5 Å². The summed E-state index contributed by atoms with van der Waals surface area (Å²) in [5.41, 5.74) is 1.19. The molecule has 2 aromatic carbocycles. The number of aromatic nitrogens is 2. The molecule has 0 radical (unpaired) electrons. The van der Waals surface area contributed by atoms with E-state index in [1.807, 2.05) is 24.3 Å². The molecule has 7 heteroatoms. The molecule has 25 heavy (non-hydrogen) atoms. The van der Waals surface area contributed by atoms with Crippen LogP contribution in [0.1, 0.15) is 16.2 Å². The van der Waals surface area contributed by atoms with Crippen molar-refractivity contribution in [1.82, 2.24) is 9.55 Å². The van der Waals surface area contributed by atoms with E-state index in [0.29, 0.717) is 17.1 Å². The highest BCUT2D eigenvalue weighted by Gasteiger charge is 2.27. The summed E-state index contributed by atoms with van der Waals surface area (Å²) in [7, 11) is 0. The van der Waals surface area contributed by atoms with Crippen molar-refractivity contribution in [2.45, 2.75) is 13.5 Å². The number of rotatable bonds is 6. The number of aryl methyl sites for hydroxylation is 1. The number of carbonyl (C=O) groups excluding carboxylic acids is 1. The Kier molecular flexibility index (Phi) is 4.56. The van der Waals surface area contributed by atoms with Crippen molar-refractivity contribution in [3.63, 3.8) is 0 Å². The summed E-state index contributed by atoms with van der Waals surface area (Å²) in [4.78, 5) is 27.7. The van der Waals surface area contributed by atoms with Gasteiger partial charge in [0.1, 0.15) is 0 Å². The van der Waals surface area contributed by atoms with Crippen molar-refractivity contribution in [3.05, 3.63) is 82.2 Å². The molecule has 0 spiro atoms. The molecule has 0 amide bonds. The number of carbonyl (C=O) groups is 1.